The summed E-state index contributed by atoms with van der Waals surface area (Å²) >= 11 is 0. The van der Waals surface area contributed by atoms with Crippen molar-refractivity contribution in [3.63, 3.8) is 0 Å². The van der Waals surface area contributed by atoms with Gasteiger partial charge in [-0.25, -0.2) is 4.98 Å². The highest BCUT2D eigenvalue weighted by atomic mass is 16.2. The molecule has 1 aromatic heterocycles. The van der Waals surface area contributed by atoms with Crippen molar-refractivity contribution in [2.24, 2.45) is 5.41 Å². The lowest BCUT2D eigenvalue weighted by Gasteiger charge is -2.49. The summed E-state index contributed by atoms with van der Waals surface area (Å²) in [6.45, 7) is 6.39. The van der Waals surface area contributed by atoms with E-state index in [2.05, 4.69) is 31.7 Å². The molecule has 0 aliphatic carbocycles. The van der Waals surface area contributed by atoms with Crippen molar-refractivity contribution < 1.29 is 4.79 Å². The monoisotopic (exact) mass is 331 g/mol. The van der Waals surface area contributed by atoms with Gasteiger partial charge < -0.3 is 14.8 Å². The molecule has 4 heterocycles. The van der Waals surface area contributed by atoms with E-state index in [4.69, 9.17) is 0 Å². The largest absolute Gasteiger partial charge is 0.347 e. The second-order valence-corrected chi connectivity index (χ2v) is 8.08. The van der Waals surface area contributed by atoms with Gasteiger partial charge in [0, 0.05) is 44.0 Å². The summed E-state index contributed by atoms with van der Waals surface area (Å²) in [5, 5.41) is 0. The third kappa shape index (κ3) is 3.22. The van der Waals surface area contributed by atoms with E-state index in [1.165, 1.54) is 18.5 Å². The van der Waals surface area contributed by atoms with Gasteiger partial charge in [-0.15, -0.1) is 0 Å². The molecular weight excluding hydrogens is 302 g/mol. The van der Waals surface area contributed by atoms with Crippen LogP contribution in [0.3, 0.4) is 0 Å². The van der Waals surface area contributed by atoms with E-state index < -0.39 is 0 Å². The summed E-state index contributed by atoms with van der Waals surface area (Å²) < 4.78 is 0. The summed E-state index contributed by atoms with van der Waals surface area (Å²) in [5.41, 5.74) is 1.56. The van der Waals surface area contributed by atoms with Gasteiger partial charge in [-0.1, -0.05) is 0 Å². The van der Waals surface area contributed by atoms with Crippen LogP contribution in [-0.2, 0) is 11.3 Å². The van der Waals surface area contributed by atoms with Crippen LogP contribution in [-0.4, -0.2) is 76.4 Å². The van der Waals surface area contributed by atoms with Crippen LogP contribution < -0.4 is 0 Å². The summed E-state index contributed by atoms with van der Waals surface area (Å²) in [4.78, 5) is 26.9. The number of aromatic nitrogens is 2. The number of hydrogen-bond donors (Lipinski definition) is 1. The Hall–Kier alpha value is -1.40. The molecule has 3 saturated heterocycles. The number of amides is 1. The standard InChI is InChI=1S/C18H29N5O/c1-21-7-3-16(12-21)23-13-18(4-2-17(23)24)5-8-22(9-6-18)11-15-10-19-14-20-15/h10,14,16H,2-9,11-13H2,1H3,(H,19,20). The van der Waals surface area contributed by atoms with Gasteiger partial charge in [0.25, 0.3) is 0 Å². The topological polar surface area (TPSA) is 55.5 Å². The second-order valence-electron chi connectivity index (χ2n) is 8.08. The van der Waals surface area contributed by atoms with Crippen LogP contribution in [0.2, 0.25) is 0 Å². The first-order chi connectivity index (χ1) is 11.6. The van der Waals surface area contributed by atoms with E-state index >= 15 is 0 Å². The number of carbonyl (C=O) groups excluding carboxylic acids is 1. The van der Waals surface area contributed by atoms with Crippen LogP contribution in [0.5, 0.6) is 0 Å². The Morgan fingerprint density at radius 3 is 2.79 bits per heavy atom. The van der Waals surface area contributed by atoms with E-state index in [0.29, 0.717) is 17.4 Å². The molecule has 3 fully saturated rings. The molecule has 4 rings (SSSR count). The van der Waals surface area contributed by atoms with Crippen LogP contribution in [0.15, 0.2) is 12.5 Å². The molecule has 0 aromatic carbocycles. The predicted octanol–water partition coefficient (Wildman–Crippen LogP) is 1.32. The Morgan fingerprint density at radius 1 is 1.29 bits per heavy atom. The molecule has 1 spiro atoms. The molecule has 6 nitrogen and oxygen atoms in total. The fourth-order valence-electron chi connectivity index (χ4n) is 4.75. The van der Waals surface area contributed by atoms with Crippen molar-refractivity contribution in [3.8, 4) is 0 Å². The zero-order chi connectivity index (χ0) is 16.6. The zero-order valence-electron chi connectivity index (χ0n) is 14.7. The molecule has 1 N–H and O–H groups in total. The molecule has 0 bridgehead atoms. The van der Waals surface area contributed by atoms with Crippen molar-refractivity contribution in [2.45, 2.75) is 44.7 Å². The highest BCUT2D eigenvalue weighted by Crippen LogP contribution is 2.41. The SMILES string of the molecule is CN1CCC(N2CC3(CCC2=O)CCN(Cc2cnc[nH]2)CC3)C1. The average Bonchev–Trinajstić information content (AvgIpc) is 3.24. The maximum atomic E-state index is 12.5. The molecule has 1 atom stereocenters. The molecule has 1 unspecified atom stereocenters. The van der Waals surface area contributed by atoms with Gasteiger partial charge in [0.15, 0.2) is 0 Å². The van der Waals surface area contributed by atoms with E-state index in [-0.39, 0.29) is 0 Å². The Labute approximate surface area is 144 Å². The van der Waals surface area contributed by atoms with Crippen molar-refractivity contribution in [1.29, 1.82) is 0 Å². The number of piperidine rings is 2. The first-order valence-corrected chi connectivity index (χ1v) is 9.31. The van der Waals surface area contributed by atoms with Crippen LogP contribution in [0.4, 0.5) is 0 Å². The van der Waals surface area contributed by atoms with Gasteiger partial charge >= 0.3 is 0 Å². The van der Waals surface area contributed by atoms with Crippen LogP contribution in [0.1, 0.15) is 37.8 Å². The first-order valence-electron chi connectivity index (χ1n) is 9.31. The van der Waals surface area contributed by atoms with Gasteiger partial charge in [-0.3, -0.25) is 9.69 Å². The third-order valence-corrected chi connectivity index (χ3v) is 6.37. The van der Waals surface area contributed by atoms with Crippen LogP contribution >= 0.6 is 0 Å². The highest BCUT2D eigenvalue weighted by Gasteiger charge is 2.43. The van der Waals surface area contributed by atoms with E-state index in [1.807, 2.05) is 6.20 Å². The number of nitrogens with one attached hydrogen (secondary N) is 1. The van der Waals surface area contributed by atoms with Gasteiger partial charge in [0.05, 0.1) is 6.33 Å². The molecule has 3 aliphatic rings. The minimum absolute atomic E-state index is 0.361. The lowest BCUT2D eigenvalue weighted by atomic mass is 9.72. The predicted molar refractivity (Wildman–Crippen MR) is 92.4 cm³/mol. The smallest absolute Gasteiger partial charge is 0.222 e. The fraction of sp³-hybridized carbons (Fsp3) is 0.778. The first kappa shape index (κ1) is 16.1. The molecule has 3 aliphatic heterocycles. The number of H-pyrrole nitrogens is 1. The highest BCUT2D eigenvalue weighted by molar-refractivity contribution is 5.77. The van der Waals surface area contributed by atoms with Gasteiger partial charge in [-0.2, -0.15) is 0 Å². The van der Waals surface area contributed by atoms with E-state index in [0.717, 1.165) is 58.5 Å². The summed E-state index contributed by atoms with van der Waals surface area (Å²) in [5.74, 6) is 0.390. The number of nitrogens with zero attached hydrogens (tertiary/aromatic N) is 4. The second kappa shape index (κ2) is 6.48. The summed E-state index contributed by atoms with van der Waals surface area (Å²) in [6, 6.07) is 0.447. The third-order valence-electron chi connectivity index (χ3n) is 6.37. The van der Waals surface area contributed by atoms with Gasteiger partial charge in [0.2, 0.25) is 5.91 Å². The van der Waals surface area contributed by atoms with Crippen molar-refractivity contribution >= 4 is 5.91 Å². The fourth-order valence-corrected chi connectivity index (χ4v) is 4.75. The van der Waals surface area contributed by atoms with Gasteiger partial charge in [-0.05, 0) is 57.8 Å². The Morgan fingerprint density at radius 2 is 2.12 bits per heavy atom. The zero-order valence-corrected chi connectivity index (χ0v) is 14.7. The maximum absolute atomic E-state index is 12.5. The number of rotatable bonds is 3. The molecule has 0 saturated carbocycles. The molecule has 1 aromatic rings. The maximum Gasteiger partial charge on any atom is 0.222 e. The average molecular weight is 331 g/mol. The Bertz CT molecular complexity index is 564. The quantitative estimate of drug-likeness (QED) is 0.908. The van der Waals surface area contributed by atoms with E-state index in [1.54, 1.807) is 6.33 Å². The Kier molecular flexibility index (Phi) is 4.35. The number of hydrogen-bond acceptors (Lipinski definition) is 4. The molecule has 0 radical (unpaired) electrons. The van der Waals surface area contributed by atoms with Gasteiger partial charge in [0.1, 0.15) is 0 Å². The summed E-state index contributed by atoms with van der Waals surface area (Å²) in [6.07, 6.45) is 9.08. The summed E-state index contributed by atoms with van der Waals surface area (Å²) in [7, 11) is 2.16. The van der Waals surface area contributed by atoms with Crippen molar-refractivity contribution in [3.05, 3.63) is 18.2 Å². The Balaban J connectivity index is 1.36. The van der Waals surface area contributed by atoms with Crippen molar-refractivity contribution in [1.82, 2.24) is 24.7 Å². The number of imidazole rings is 1. The number of likely N-dealkylation sites (N-methyl/N-ethyl adjacent to an activating group) is 1. The lowest BCUT2D eigenvalue weighted by molar-refractivity contribution is -0.142. The van der Waals surface area contributed by atoms with Crippen LogP contribution in [0.25, 0.3) is 0 Å². The molecule has 1 amide bonds. The normalized spacial score (nSPS) is 28.8. The molecule has 132 valence electrons. The van der Waals surface area contributed by atoms with Crippen molar-refractivity contribution in [2.75, 3.05) is 39.8 Å². The minimum Gasteiger partial charge on any atom is -0.347 e. The molecular formula is C18H29N5O. The minimum atomic E-state index is 0.361. The number of aromatic amines is 1. The lowest BCUT2D eigenvalue weighted by Crippen LogP contribution is -2.54. The van der Waals surface area contributed by atoms with Crippen LogP contribution in [0, 0.1) is 5.41 Å². The number of carbonyl (C=O) groups is 1. The number of likely N-dealkylation sites (tertiary alicyclic amines) is 3. The molecule has 24 heavy (non-hydrogen) atoms. The molecule has 6 heteroatoms. The van der Waals surface area contributed by atoms with E-state index in [9.17, 15) is 4.79 Å².